The van der Waals surface area contributed by atoms with Gasteiger partial charge in [-0.3, -0.25) is 19.2 Å². The molecule has 0 aliphatic carbocycles. The van der Waals surface area contributed by atoms with Crippen molar-refractivity contribution in [2.24, 2.45) is 21.7 Å². The highest BCUT2D eigenvalue weighted by Gasteiger charge is 2.53. The van der Waals surface area contributed by atoms with Gasteiger partial charge < -0.3 is 36.9 Å². The summed E-state index contributed by atoms with van der Waals surface area (Å²) in [6.07, 6.45) is 0.542. The molecule has 50 heavy (non-hydrogen) atoms. The smallest absolute Gasteiger partial charge is 0.312 e. The van der Waals surface area contributed by atoms with Crippen molar-refractivity contribution in [3.05, 3.63) is 0 Å². The van der Waals surface area contributed by atoms with Crippen LogP contribution in [0, 0.1) is 21.7 Å². The molecule has 0 saturated heterocycles. The topological polar surface area (TPSA) is 105 Å². The second-order valence-electron chi connectivity index (χ2n) is 20.0. The van der Waals surface area contributed by atoms with Crippen LogP contribution in [0.4, 0.5) is 0 Å². The van der Waals surface area contributed by atoms with Crippen LogP contribution in [0.25, 0.3) is 0 Å². The van der Waals surface area contributed by atoms with Crippen molar-refractivity contribution in [1.29, 1.82) is 0 Å². The molecule has 0 spiro atoms. The molecule has 12 heteroatoms. The van der Waals surface area contributed by atoms with Crippen LogP contribution in [-0.2, 0) is 38.1 Å². The lowest BCUT2D eigenvalue weighted by molar-refractivity contribution is -0.870. The van der Waals surface area contributed by atoms with E-state index in [1.807, 2.05) is 98.4 Å². The Morgan fingerprint density at radius 3 is 0.920 bits per heavy atom. The van der Waals surface area contributed by atoms with Crippen LogP contribution >= 0.6 is 0 Å². The lowest BCUT2D eigenvalue weighted by Gasteiger charge is -2.42. The zero-order valence-corrected chi connectivity index (χ0v) is 35.5. The van der Waals surface area contributed by atoms with E-state index in [0.29, 0.717) is 50.5 Å². The molecular weight excluding hydrogens is 640 g/mol. The minimum atomic E-state index is -1.32. The van der Waals surface area contributed by atoms with Crippen molar-refractivity contribution in [2.45, 2.75) is 67.2 Å². The molecule has 0 bridgehead atoms. The molecule has 294 valence electrons. The van der Waals surface area contributed by atoms with E-state index in [4.69, 9.17) is 18.9 Å². The Bertz CT molecular complexity index is 1130. The van der Waals surface area contributed by atoms with Crippen molar-refractivity contribution in [3.8, 4) is 0 Å². The molecule has 0 rings (SSSR count). The highest BCUT2D eigenvalue weighted by Crippen LogP contribution is 2.49. The fourth-order valence-corrected chi connectivity index (χ4v) is 5.89. The van der Waals surface area contributed by atoms with Crippen LogP contribution in [0.2, 0.25) is 0 Å². The third-order valence-corrected chi connectivity index (χ3v) is 9.19. The molecule has 0 fully saturated rings. The number of nitrogens with zero attached hydrogens (tertiary/aromatic N) is 4. The van der Waals surface area contributed by atoms with E-state index in [2.05, 4.69) is 0 Å². The Balaban J connectivity index is 6.87. The summed E-state index contributed by atoms with van der Waals surface area (Å²) in [5, 5.41) is 0. The zero-order chi connectivity index (χ0) is 39.6. The lowest BCUT2D eigenvalue weighted by atomic mass is 9.61. The van der Waals surface area contributed by atoms with Gasteiger partial charge in [-0.2, -0.15) is 0 Å². The quantitative estimate of drug-likeness (QED) is 0.0898. The molecular formula is C38H78N4O8+4. The minimum Gasteiger partial charge on any atom is -0.459 e. The standard InChI is InChI=1S/C38H78N4O8/c1-19-36(4,32(44)48-25-21-40(10,11)12)29-38(6,34(46)50-27-23-42(16,17)18)30-37(5,33(45)49-26-22-41(13,14)15)28-35(2,3)31(43)47-24-20-39(7,8)9/h19-30H2,1-18H3/q+4. The first-order chi connectivity index (χ1) is 22.2. The van der Waals surface area contributed by atoms with Gasteiger partial charge in [0.2, 0.25) is 0 Å². The second-order valence-corrected chi connectivity index (χ2v) is 20.0. The van der Waals surface area contributed by atoms with Crippen LogP contribution in [0.5, 0.6) is 0 Å². The molecule has 0 aromatic carbocycles. The van der Waals surface area contributed by atoms with Gasteiger partial charge in [0.15, 0.2) is 0 Å². The molecule has 0 aromatic heterocycles. The number of ether oxygens (including phenoxy) is 4. The summed E-state index contributed by atoms with van der Waals surface area (Å²) in [6, 6.07) is 0. The van der Waals surface area contributed by atoms with E-state index in [1.165, 1.54) is 0 Å². The molecule has 0 N–H and O–H groups in total. The fraction of sp³-hybridized carbons (Fsp3) is 0.895. The van der Waals surface area contributed by atoms with Crippen LogP contribution in [0.3, 0.4) is 0 Å². The molecule has 0 radical (unpaired) electrons. The molecule has 0 amide bonds. The van der Waals surface area contributed by atoms with Gasteiger partial charge in [-0.1, -0.05) is 6.92 Å². The number of carbonyl (C=O) groups excluding carboxylic acids is 4. The number of likely N-dealkylation sites (N-methyl/N-ethyl adjacent to an activating group) is 4. The molecule has 3 unspecified atom stereocenters. The van der Waals surface area contributed by atoms with Gasteiger partial charge >= 0.3 is 23.9 Å². The van der Waals surface area contributed by atoms with Crippen LogP contribution in [0.1, 0.15) is 67.2 Å². The van der Waals surface area contributed by atoms with Crippen molar-refractivity contribution in [1.82, 2.24) is 0 Å². The third kappa shape index (κ3) is 18.3. The normalized spacial score (nSPS) is 16.8. The maximum Gasteiger partial charge on any atom is 0.312 e. The summed E-state index contributed by atoms with van der Waals surface area (Å²) in [7, 11) is 24.2. The molecule has 0 aromatic rings. The molecule has 3 atom stereocenters. The van der Waals surface area contributed by atoms with Gasteiger partial charge in [-0.05, 0) is 60.3 Å². The largest absolute Gasteiger partial charge is 0.459 e. The highest BCUT2D eigenvalue weighted by atomic mass is 16.5. The first-order valence-electron chi connectivity index (χ1n) is 18.1. The summed E-state index contributed by atoms with van der Waals surface area (Å²) in [6.45, 7) is 14.0. The lowest BCUT2D eigenvalue weighted by Crippen LogP contribution is -2.48. The second kappa shape index (κ2) is 18.0. The van der Waals surface area contributed by atoms with Gasteiger partial charge in [0.1, 0.15) is 52.6 Å². The van der Waals surface area contributed by atoms with E-state index in [1.54, 1.807) is 27.7 Å². The van der Waals surface area contributed by atoms with Crippen LogP contribution < -0.4 is 0 Å². The number of esters is 4. The number of carbonyl (C=O) groups is 4. The number of quaternary nitrogens is 4. The fourth-order valence-electron chi connectivity index (χ4n) is 5.89. The van der Waals surface area contributed by atoms with E-state index < -0.39 is 45.5 Å². The maximum atomic E-state index is 14.3. The SMILES string of the molecule is CCC(C)(CC(C)(CC(C)(CC(C)(C)C(=O)OCC[N+](C)(C)C)C(=O)OCC[N+](C)(C)C)C(=O)OCC[N+](C)(C)C)C(=O)OCC[N+](C)(C)C. The Morgan fingerprint density at radius 2 is 0.640 bits per heavy atom. The predicted molar refractivity (Wildman–Crippen MR) is 198 cm³/mol. The van der Waals surface area contributed by atoms with E-state index in [0.717, 1.165) is 0 Å². The van der Waals surface area contributed by atoms with Gasteiger partial charge in [0.25, 0.3) is 0 Å². The average molecular weight is 719 g/mol. The van der Waals surface area contributed by atoms with Crippen molar-refractivity contribution < 1.29 is 56.1 Å². The highest BCUT2D eigenvalue weighted by molar-refractivity contribution is 5.84. The molecule has 0 saturated carbocycles. The maximum absolute atomic E-state index is 14.3. The monoisotopic (exact) mass is 719 g/mol. The summed E-state index contributed by atoms with van der Waals surface area (Å²) >= 11 is 0. The van der Waals surface area contributed by atoms with Crippen molar-refractivity contribution >= 4 is 23.9 Å². The first kappa shape index (κ1) is 47.7. The first-order valence-corrected chi connectivity index (χ1v) is 18.1. The number of hydrogen-bond acceptors (Lipinski definition) is 8. The summed E-state index contributed by atoms with van der Waals surface area (Å²) in [4.78, 5) is 55.7. The Labute approximate surface area is 305 Å². The molecule has 0 heterocycles. The van der Waals surface area contributed by atoms with Crippen LogP contribution in [-0.4, -0.2) is 179 Å². The van der Waals surface area contributed by atoms with Gasteiger partial charge in [0.05, 0.1) is 106 Å². The zero-order valence-electron chi connectivity index (χ0n) is 35.5. The van der Waals surface area contributed by atoms with Gasteiger partial charge in [-0.25, -0.2) is 0 Å². The van der Waals surface area contributed by atoms with Gasteiger partial charge in [-0.15, -0.1) is 0 Å². The Kier molecular flexibility index (Phi) is 17.2. The van der Waals surface area contributed by atoms with Crippen molar-refractivity contribution in [2.75, 3.05) is 137 Å². The summed E-state index contributed by atoms with van der Waals surface area (Å²) in [5.41, 5.74) is -4.77. The Hall–Kier alpha value is -2.28. The molecule has 0 aliphatic heterocycles. The van der Waals surface area contributed by atoms with E-state index >= 15 is 0 Å². The predicted octanol–water partition coefficient (Wildman–Crippen LogP) is 3.61. The van der Waals surface area contributed by atoms with Crippen LogP contribution in [0.15, 0.2) is 0 Å². The minimum absolute atomic E-state index is 0.0102. The average Bonchev–Trinajstić information content (AvgIpc) is 2.89. The summed E-state index contributed by atoms with van der Waals surface area (Å²) < 4.78 is 25.8. The van der Waals surface area contributed by atoms with E-state index in [9.17, 15) is 19.2 Å². The van der Waals surface area contributed by atoms with Gasteiger partial charge in [0, 0.05) is 0 Å². The summed E-state index contributed by atoms with van der Waals surface area (Å²) in [5.74, 6) is -1.83. The van der Waals surface area contributed by atoms with E-state index in [-0.39, 0.29) is 45.7 Å². The number of hydrogen-bond donors (Lipinski definition) is 0. The van der Waals surface area contributed by atoms with Crippen molar-refractivity contribution in [3.63, 3.8) is 0 Å². The third-order valence-electron chi connectivity index (χ3n) is 9.19. The Morgan fingerprint density at radius 1 is 0.400 bits per heavy atom. The number of rotatable bonds is 23. The molecule has 0 aliphatic rings. The molecule has 12 nitrogen and oxygen atoms in total.